The number of benzene rings is 3. The third kappa shape index (κ3) is 7.71. The minimum Gasteiger partial charge on any atom is -0.493 e. The lowest BCUT2D eigenvalue weighted by molar-refractivity contribution is -0.384. The Morgan fingerprint density at radius 3 is 2.51 bits per heavy atom. The molecule has 43 heavy (non-hydrogen) atoms. The lowest BCUT2D eigenvalue weighted by atomic mass is 10.1. The van der Waals surface area contributed by atoms with Crippen LogP contribution in [0.5, 0.6) is 11.5 Å². The molecule has 13 heteroatoms. The van der Waals surface area contributed by atoms with Crippen molar-refractivity contribution in [3.05, 3.63) is 70.3 Å². The standard InChI is InChI=1S/C30H32N6O7/c1-30(2,3)43-29(37)34-23-10-9-20(13-19(23)17-31)32-28-22-15-26(42-12-11-40-4)25(41-5)16-24(22)33-27(35-28)18-7-6-8-21(14-18)36(38)39/h6-10,13-17,31H,11-12H2,1-5H3,(H,34,37)(H,32,33,35). The van der Waals surface area contributed by atoms with Gasteiger partial charge in [-0.2, -0.15) is 0 Å². The lowest BCUT2D eigenvalue weighted by Crippen LogP contribution is -2.27. The number of nitro benzene ring substituents is 1. The van der Waals surface area contributed by atoms with Gasteiger partial charge < -0.3 is 29.7 Å². The van der Waals surface area contributed by atoms with E-state index in [1.165, 1.54) is 19.2 Å². The monoisotopic (exact) mass is 588 g/mol. The van der Waals surface area contributed by atoms with Crippen LogP contribution in [0.1, 0.15) is 26.3 Å². The number of rotatable bonds is 11. The molecular formula is C30H32N6O7. The highest BCUT2D eigenvalue weighted by Gasteiger charge is 2.19. The second kappa shape index (κ2) is 13.1. The van der Waals surface area contributed by atoms with E-state index in [0.717, 1.165) is 6.21 Å². The van der Waals surface area contributed by atoms with Gasteiger partial charge in [-0.3, -0.25) is 15.4 Å². The molecule has 0 radical (unpaired) electrons. The number of fused-ring (bicyclic) bond motifs is 1. The Balaban J connectivity index is 1.80. The summed E-state index contributed by atoms with van der Waals surface area (Å²) in [5.74, 6) is 1.49. The number of methoxy groups -OCH3 is 2. The topological polar surface area (TPSA) is 171 Å². The van der Waals surface area contributed by atoms with Crippen molar-refractivity contribution in [3.63, 3.8) is 0 Å². The first-order valence-electron chi connectivity index (χ1n) is 13.2. The first-order valence-corrected chi connectivity index (χ1v) is 13.2. The van der Waals surface area contributed by atoms with Crippen molar-refractivity contribution in [1.29, 1.82) is 5.41 Å². The molecule has 0 aliphatic rings. The molecule has 0 unspecified atom stereocenters. The molecule has 3 aromatic carbocycles. The minimum atomic E-state index is -0.684. The highest BCUT2D eigenvalue weighted by molar-refractivity contribution is 5.97. The van der Waals surface area contributed by atoms with Crippen LogP contribution in [0, 0.1) is 15.5 Å². The maximum atomic E-state index is 12.3. The maximum Gasteiger partial charge on any atom is 0.412 e. The summed E-state index contributed by atoms with van der Waals surface area (Å²) in [6.45, 7) is 5.92. The highest BCUT2D eigenvalue weighted by atomic mass is 16.6. The van der Waals surface area contributed by atoms with Gasteiger partial charge in [-0.15, -0.1) is 0 Å². The Bertz CT molecular complexity index is 1670. The van der Waals surface area contributed by atoms with Crippen molar-refractivity contribution in [2.75, 3.05) is 38.1 Å². The van der Waals surface area contributed by atoms with Crippen molar-refractivity contribution in [2.24, 2.45) is 0 Å². The van der Waals surface area contributed by atoms with Crippen LogP contribution in [0.15, 0.2) is 54.6 Å². The molecule has 4 rings (SSSR count). The van der Waals surface area contributed by atoms with E-state index in [2.05, 4.69) is 15.6 Å². The van der Waals surface area contributed by atoms with Crippen LogP contribution < -0.4 is 20.1 Å². The highest BCUT2D eigenvalue weighted by Crippen LogP contribution is 2.37. The number of anilines is 3. The fourth-order valence-electron chi connectivity index (χ4n) is 4.05. The fourth-order valence-corrected chi connectivity index (χ4v) is 4.05. The Labute approximate surface area is 247 Å². The molecule has 1 amide bonds. The lowest BCUT2D eigenvalue weighted by Gasteiger charge is -2.20. The summed E-state index contributed by atoms with van der Waals surface area (Å²) in [6, 6.07) is 14.5. The van der Waals surface area contributed by atoms with Crippen molar-refractivity contribution >= 4 is 46.1 Å². The molecule has 0 spiro atoms. The summed E-state index contributed by atoms with van der Waals surface area (Å²) in [5.41, 5.74) is 1.50. The summed E-state index contributed by atoms with van der Waals surface area (Å²) in [5, 5.41) is 25.8. The van der Waals surface area contributed by atoms with Crippen LogP contribution in [-0.2, 0) is 9.47 Å². The molecule has 13 nitrogen and oxygen atoms in total. The normalized spacial score (nSPS) is 11.1. The van der Waals surface area contributed by atoms with E-state index in [1.54, 1.807) is 70.3 Å². The van der Waals surface area contributed by atoms with E-state index < -0.39 is 16.6 Å². The number of hydrogen-bond acceptors (Lipinski definition) is 11. The summed E-state index contributed by atoms with van der Waals surface area (Å²) in [7, 11) is 3.08. The van der Waals surface area contributed by atoms with E-state index >= 15 is 0 Å². The maximum absolute atomic E-state index is 12.3. The number of hydrogen-bond donors (Lipinski definition) is 3. The van der Waals surface area contributed by atoms with Gasteiger partial charge in [0.2, 0.25) is 0 Å². The number of aromatic nitrogens is 2. The Morgan fingerprint density at radius 2 is 1.84 bits per heavy atom. The molecule has 0 bridgehead atoms. The Kier molecular flexibility index (Phi) is 9.36. The van der Waals surface area contributed by atoms with Gasteiger partial charge in [0.25, 0.3) is 5.69 Å². The van der Waals surface area contributed by atoms with E-state index in [4.69, 9.17) is 29.3 Å². The van der Waals surface area contributed by atoms with Crippen LogP contribution in [0.2, 0.25) is 0 Å². The summed E-state index contributed by atoms with van der Waals surface area (Å²) < 4.78 is 21.8. The molecule has 0 fully saturated rings. The van der Waals surface area contributed by atoms with Gasteiger partial charge in [-0.25, -0.2) is 14.8 Å². The van der Waals surface area contributed by atoms with E-state index in [0.29, 0.717) is 57.3 Å². The molecule has 0 aliphatic carbocycles. The van der Waals surface area contributed by atoms with Crippen LogP contribution >= 0.6 is 0 Å². The second-order valence-electron chi connectivity index (χ2n) is 10.3. The molecule has 0 aliphatic heterocycles. The molecule has 3 N–H and O–H groups in total. The number of nitro groups is 1. The molecule has 224 valence electrons. The van der Waals surface area contributed by atoms with Crippen LogP contribution in [-0.4, -0.2) is 60.2 Å². The predicted octanol–water partition coefficient (Wildman–Crippen LogP) is 6.33. The van der Waals surface area contributed by atoms with Gasteiger partial charge in [0, 0.05) is 53.7 Å². The number of carbonyl (C=O) groups excluding carboxylic acids is 1. The average Bonchev–Trinajstić information content (AvgIpc) is 2.96. The zero-order valence-corrected chi connectivity index (χ0v) is 24.4. The van der Waals surface area contributed by atoms with Gasteiger partial charge in [0.15, 0.2) is 17.3 Å². The number of nitrogens with one attached hydrogen (secondary N) is 3. The van der Waals surface area contributed by atoms with Gasteiger partial charge in [-0.05, 0) is 45.0 Å². The number of ether oxygens (including phenoxy) is 4. The van der Waals surface area contributed by atoms with Crippen LogP contribution in [0.3, 0.4) is 0 Å². The van der Waals surface area contributed by atoms with Crippen LogP contribution in [0.4, 0.5) is 27.7 Å². The van der Waals surface area contributed by atoms with Crippen molar-refractivity contribution in [1.82, 2.24) is 9.97 Å². The third-order valence-corrected chi connectivity index (χ3v) is 5.95. The zero-order chi connectivity index (χ0) is 31.1. The van der Waals surface area contributed by atoms with Gasteiger partial charge in [-0.1, -0.05) is 12.1 Å². The number of non-ortho nitro benzene ring substituents is 1. The van der Waals surface area contributed by atoms with E-state index in [1.807, 2.05) is 0 Å². The van der Waals surface area contributed by atoms with E-state index in [9.17, 15) is 14.9 Å². The van der Waals surface area contributed by atoms with E-state index in [-0.39, 0.29) is 18.1 Å². The quantitative estimate of drug-likeness (QED) is 0.0778. The zero-order valence-electron chi connectivity index (χ0n) is 24.4. The van der Waals surface area contributed by atoms with Gasteiger partial charge in [0.05, 0.1) is 29.8 Å². The summed E-state index contributed by atoms with van der Waals surface area (Å²) in [4.78, 5) is 32.6. The SMILES string of the molecule is COCCOc1cc2c(Nc3ccc(NC(=O)OC(C)(C)C)c(C=N)c3)nc(-c3cccc([N+](=O)[O-])c3)nc2cc1OC. The average molecular weight is 589 g/mol. The molecular weight excluding hydrogens is 556 g/mol. The largest absolute Gasteiger partial charge is 0.493 e. The Hall–Kier alpha value is -5.30. The predicted molar refractivity (Wildman–Crippen MR) is 163 cm³/mol. The molecule has 0 atom stereocenters. The first kappa shape index (κ1) is 30.7. The summed E-state index contributed by atoms with van der Waals surface area (Å²) >= 11 is 0. The minimum absolute atomic E-state index is 0.0983. The second-order valence-corrected chi connectivity index (χ2v) is 10.3. The Morgan fingerprint density at radius 1 is 1.05 bits per heavy atom. The van der Waals surface area contributed by atoms with Crippen molar-refractivity contribution in [3.8, 4) is 22.9 Å². The molecule has 1 aromatic heterocycles. The smallest absolute Gasteiger partial charge is 0.412 e. The molecule has 0 saturated carbocycles. The van der Waals surface area contributed by atoms with Crippen LogP contribution in [0.25, 0.3) is 22.3 Å². The summed E-state index contributed by atoms with van der Waals surface area (Å²) in [6.07, 6.45) is 0.464. The molecule has 1 heterocycles. The molecule has 4 aromatic rings. The van der Waals surface area contributed by atoms with Gasteiger partial charge >= 0.3 is 6.09 Å². The first-order chi connectivity index (χ1) is 20.5. The van der Waals surface area contributed by atoms with Crippen molar-refractivity contribution in [2.45, 2.75) is 26.4 Å². The number of amides is 1. The van der Waals surface area contributed by atoms with Crippen molar-refractivity contribution < 1.29 is 28.7 Å². The third-order valence-electron chi connectivity index (χ3n) is 5.95. The number of carbonyl (C=O) groups is 1. The number of nitrogens with zero attached hydrogens (tertiary/aromatic N) is 3. The molecule has 0 saturated heterocycles. The fraction of sp³-hybridized carbons (Fsp3) is 0.267. The van der Waals surface area contributed by atoms with Gasteiger partial charge in [0.1, 0.15) is 18.0 Å².